The predicted octanol–water partition coefficient (Wildman–Crippen LogP) is 3.45. The lowest BCUT2D eigenvalue weighted by Crippen LogP contribution is -2.14. The van der Waals surface area contributed by atoms with Gasteiger partial charge >= 0.3 is 12.3 Å². The molecule has 0 aromatic heterocycles. The van der Waals surface area contributed by atoms with Crippen LogP contribution in [0.2, 0.25) is 5.02 Å². The fraction of sp³-hybridized carbons (Fsp3) is 0.125. The molecular formula is C8H5ClF3NO2. The Bertz CT molecular complexity index is 392. The van der Waals surface area contributed by atoms with Gasteiger partial charge in [0.1, 0.15) is 0 Å². The van der Waals surface area contributed by atoms with E-state index in [0.29, 0.717) is 6.07 Å². The molecule has 82 valence electrons. The second-order valence-electron chi connectivity index (χ2n) is 2.62. The molecule has 0 spiro atoms. The van der Waals surface area contributed by atoms with E-state index in [1.54, 1.807) is 5.32 Å². The summed E-state index contributed by atoms with van der Waals surface area (Å²) in [6.07, 6.45) is -6.20. The first-order valence-electron chi connectivity index (χ1n) is 3.67. The van der Waals surface area contributed by atoms with Gasteiger partial charge in [-0.15, -0.1) is 0 Å². The number of rotatable bonds is 1. The fourth-order valence-electron chi connectivity index (χ4n) is 0.982. The zero-order valence-electron chi connectivity index (χ0n) is 7.10. The van der Waals surface area contributed by atoms with Gasteiger partial charge in [0.25, 0.3) is 0 Å². The summed E-state index contributed by atoms with van der Waals surface area (Å²) >= 11 is 5.45. The van der Waals surface area contributed by atoms with Crippen LogP contribution in [0.5, 0.6) is 0 Å². The normalized spacial score (nSPS) is 11.2. The highest BCUT2D eigenvalue weighted by molar-refractivity contribution is 6.31. The maximum atomic E-state index is 12.4. The highest BCUT2D eigenvalue weighted by Crippen LogP contribution is 2.36. The van der Waals surface area contributed by atoms with Gasteiger partial charge in [0, 0.05) is 5.02 Å². The van der Waals surface area contributed by atoms with Crippen molar-refractivity contribution in [2.24, 2.45) is 0 Å². The second kappa shape index (κ2) is 3.98. The molecular weight excluding hydrogens is 235 g/mol. The third-order valence-electron chi connectivity index (χ3n) is 1.53. The largest absolute Gasteiger partial charge is 0.465 e. The van der Waals surface area contributed by atoms with Crippen molar-refractivity contribution >= 4 is 23.4 Å². The Morgan fingerprint density at radius 2 is 2.00 bits per heavy atom. The van der Waals surface area contributed by atoms with E-state index in [2.05, 4.69) is 0 Å². The Morgan fingerprint density at radius 1 is 1.40 bits per heavy atom. The molecule has 0 fully saturated rings. The van der Waals surface area contributed by atoms with E-state index in [0.717, 1.165) is 12.1 Å². The summed E-state index contributed by atoms with van der Waals surface area (Å²) in [6.45, 7) is 0. The zero-order chi connectivity index (χ0) is 11.6. The van der Waals surface area contributed by atoms with Gasteiger partial charge in [-0.25, -0.2) is 4.79 Å². The maximum Gasteiger partial charge on any atom is 0.418 e. The smallest absolute Gasteiger partial charge is 0.418 e. The second-order valence-corrected chi connectivity index (χ2v) is 3.05. The van der Waals surface area contributed by atoms with Crippen LogP contribution in [-0.2, 0) is 6.18 Å². The Labute approximate surface area is 87.5 Å². The molecule has 15 heavy (non-hydrogen) atoms. The molecule has 0 bridgehead atoms. The van der Waals surface area contributed by atoms with E-state index in [4.69, 9.17) is 16.7 Å². The molecule has 0 heterocycles. The number of benzene rings is 1. The zero-order valence-corrected chi connectivity index (χ0v) is 7.86. The molecule has 0 aliphatic carbocycles. The topological polar surface area (TPSA) is 49.3 Å². The summed E-state index contributed by atoms with van der Waals surface area (Å²) in [7, 11) is 0. The molecule has 0 saturated heterocycles. The summed E-state index contributed by atoms with van der Waals surface area (Å²) in [6, 6.07) is 2.66. The Hall–Kier alpha value is -1.43. The molecule has 1 aromatic carbocycles. The molecule has 0 saturated carbocycles. The van der Waals surface area contributed by atoms with Crippen molar-refractivity contribution in [1.82, 2.24) is 0 Å². The first-order chi connectivity index (χ1) is 6.80. The van der Waals surface area contributed by atoms with Crippen LogP contribution in [0.25, 0.3) is 0 Å². The minimum atomic E-state index is -4.62. The van der Waals surface area contributed by atoms with Crippen molar-refractivity contribution < 1.29 is 23.1 Å². The summed E-state index contributed by atoms with van der Waals surface area (Å²) in [5.41, 5.74) is -1.66. The average molecular weight is 240 g/mol. The van der Waals surface area contributed by atoms with Crippen LogP contribution in [-0.4, -0.2) is 11.2 Å². The number of carbonyl (C=O) groups is 1. The number of carboxylic acid groups (broad SMARTS) is 1. The number of amides is 1. The van der Waals surface area contributed by atoms with Crippen LogP contribution in [0.15, 0.2) is 18.2 Å². The van der Waals surface area contributed by atoms with Gasteiger partial charge in [-0.1, -0.05) is 11.6 Å². The number of anilines is 1. The van der Waals surface area contributed by atoms with Crippen molar-refractivity contribution in [1.29, 1.82) is 0 Å². The number of nitrogens with one attached hydrogen (secondary N) is 1. The van der Waals surface area contributed by atoms with Crippen LogP contribution in [0.1, 0.15) is 5.56 Å². The molecule has 2 N–H and O–H groups in total. The number of halogens is 4. The van der Waals surface area contributed by atoms with E-state index in [1.807, 2.05) is 0 Å². The van der Waals surface area contributed by atoms with E-state index in [1.165, 1.54) is 0 Å². The summed E-state index contributed by atoms with van der Waals surface area (Å²) in [5, 5.41) is 9.98. The molecule has 1 rings (SSSR count). The highest BCUT2D eigenvalue weighted by atomic mass is 35.5. The highest BCUT2D eigenvalue weighted by Gasteiger charge is 2.33. The van der Waals surface area contributed by atoms with Gasteiger partial charge in [-0.2, -0.15) is 13.2 Å². The molecule has 3 nitrogen and oxygen atoms in total. The number of alkyl halides is 3. The van der Waals surface area contributed by atoms with Gasteiger partial charge in [0.15, 0.2) is 0 Å². The quantitative estimate of drug-likeness (QED) is 0.789. The van der Waals surface area contributed by atoms with Gasteiger partial charge < -0.3 is 5.11 Å². The van der Waals surface area contributed by atoms with Crippen molar-refractivity contribution in [3.63, 3.8) is 0 Å². The SMILES string of the molecule is O=C(O)Nc1cc(Cl)ccc1C(F)(F)F. The number of hydrogen-bond donors (Lipinski definition) is 2. The van der Waals surface area contributed by atoms with Crippen molar-refractivity contribution in [3.05, 3.63) is 28.8 Å². The Morgan fingerprint density at radius 3 is 2.47 bits per heavy atom. The molecule has 0 aliphatic rings. The van der Waals surface area contributed by atoms with E-state index in [9.17, 15) is 18.0 Å². The van der Waals surface area contributed by atoms with Crippen LogP contribution < -0.4 is 5.32 Å². The lowest BCUT2D eigenvalue weighted by Gasteiger charge is -2.12. The van der Waals surface area contributed by atoms with E-state index < -0.39 is 23.5 Å². The van der Waals surface area contributed by atoms with Crippen LogP contribution in [0, 0.1) is 0 Å². The van der Waals surface area contributed by atoms with Gasteiger partial charge in [-0.05, 0) is 18.2 Å². The average Bonchev–Trinajstić information content (AvgIpc) is 1.99. The van der Waals surface area contributed by atoms with Gasteiger partial charge in [-0.3, -0.25) is 5.32 Å². The van der Waals surface area contributed by atoms with Crippen molar-refractivity contribution in [2.75, 3.05) is 5.32 Å². The lowest BCUT2D eigenvalue weighted by molar-refractivity contribution is -0.136. The predicted molar refractivity (Wildman–Crippen MR) is 48.1 cm³/mol. The molecule has 0 radical (unpaired) electrons. The third-order valence-corrected chi connectivity index (χ3v) is 1.76. The standard InChI is InChI=1S/C8H5ClF3NO2/c9-4-1-2-5(8(10,11)12)6(3-4)13-7(14)15/h1-3,13H,(H,14,15). The molecule has 0 atom stereocenters. The molecule has 1 amide bonds. The monoisotopic (exact) mass is 239 g/mol. The molecule has 0 unspecified atom stereocenters. The number of hydrogen-bond acceptors (Lipinski definition) is 1. The Balaban J connectivity index is 3.20. The first kappa shape index (κ1) is 11.6. The first-order valence-corrected chi connectivity index (χ1v) is 4.05. The van der Waals surface area contributed by atoms with Crippen molar-refractivity contribution in [2.45, 2.75) is 6.18 Å². The summed E-state index contributed by atoms with van der Waals surface area (Å²) in [5.74, 6) is 0. The van der Waals surface area contributed by atoms with E-state index >= 15 is 0 Å². The van der Waals surface area contributed by atoms with Crippen LogP contribution in [0.3, 0.4) is 0 Å². The van der Waals surface area contributed by atoms with Crippen LogP contribution >= 0.6 is 11.6 Å². The van der Waals surface area contributed by atoms with Crippen molar-refractivity contribution in [3.8, 4) is 0 Å². The lowest BCUT2D eigenvalue weighted by atomic mass is 10.1. The molecule has 0 aliphatic heterocycles. The third kappa shape index (κ3) is 3.02. The van der Waals surface area contributed by atoms with Gasteiger partial charge in [0.2, 0.25) is 0 Å². The minimum absolute atomic E-state index is 0.0201. The Kier molecular flexibility index (Phi) is 3.09. The molecule has 7 heteroatoms. The minimum Gasteiger partial charge on any atom is -0.465 e. The van der Waals surface area contributed by atoms with Gasteiger partial charge in [0.05, 0.1) is 11.3 Å². The summed E-state index contributed by atoms with van der Waals surface area (Å²) < 4.78 is 37.1. The summed E-state index contributed by atoms with van der Waals surface area (Å²) in [4.78, 5) is 10.2. The maximum absolute atomic E-state index is 12.4. The molecule has 1 aromatic rings. The van der Waals surface area contributed by atoms with E-state index in [-0.39, 0.29) is 5.02 Å². The van der Waals surface area contributed by atoms with Crippen LogP contribution in [0.4, 0.5) is 23.7 Å². The fourth-order valence-corrected chi connectivity index (χ4v) is 1.15.